The first-order valence-electron chi connectivity index (χ1n) is 6.94. The molecule has 0 saturated heterocycles. The van der Waals surface area contributed by atoms with Crippen LogP contribution in [0, 0.1) is 11.7 Å². The Bertz CT molecular complexity index is 438. The molecule has 0 bridgehead atoms. The first kappa shape index (κ1) is 16.9. The molecule has 0 heterocycles. The van der Waals surface area contributed by atoms with Crippen molar-refractivity contribution in [3.05, 3.63) is 30.1 Å². The second kappa shape index (κ2) is 7.60. The zero-order chi connectivity index (χ0) is 13.8. The largest absolute Gasteiger partial charge is 0.328 e. The van der Waals surface area contributed by atoms with E-state index in [4.69, 9.17) is 5.73 Å². The van der Waals surface area contributed by atoms with Crippen LogP contribution >= 0.6 is 12.4 Å². The quantitative estimate of drug-likeness (QED) is 0.932. The van der Waals surface area contributed by atoms with Crippen LogP contribution in [0.1, 0.15) is 32.6 Å². The van der Waals surface area contributed by atoms with Crippen LogP contribution in [0.4, 0.5) is 10.1 Å². The van der Waals surface area contributed by atoms with Crippen molar-refractivity contribution in [3.63, 3.8) is 0 Å². The summed E-state index contributed by atoms with van der Waals surface area (Å²) >= 11 is 0. The molecule has 1 aromatic carbocycles. The summed E-state index contributed by atoms with van der Waals surface area (Å²) < 4.78 is 12.9. The Balaban J connectivity index is 0.00000200. The molecule has 1 aliphatic rings. The number of hydrogen-bond acceptors (Lipinski definition) is 2. The van der Waals surface area contributed by atoms with E-state index in [1.165, 1.54) is 12.1 Å². The standard InChI is InChI=1S/C15H21FN2O.ClH/c1-2-18(14-8-6-12(16)7-9-14)15(19)11-4-3-5-13(17)10-11;/h6-9,11,13H,2-5,10,17H2,1H3;1H. The number of carbonyl (C=O) groups excluding carboxylic acids is 1. The molecule has 0 spiro atoms. The summed E-state index contributed by atoms with van der Waals surface area (Å²) in [6.07, 6.45) is 3.69. The molecule has 3 nitrogen and oxygen atoms in total. The average Bonchev–Trinajstić information content (AvgIpc) is 2.41. The minimum atomic E-state index is -0.285. The van der Waals surface area contributed by atoms with Crippen LogP contribution in [0.25, 0.3) is 0 Å². The van der Waals surface area contributed by atoms with Crippen molar-refractivity contribution in [2.45, 2.75) is 38.6 Å². The number of nitrogens with zero attached hydrogens (tertiary/aromatic N) is 1. The number of rotatable bonds is 3. The smallest absolute Gasteiger partial charge is 0.230 e. The van der Waals surface area contributed by atoms with Crippen LogP contribution in [0.2, 0.25) is 0 Å². The van der Waals surface area contributed by atoms with Crippen molar-refractivity contribution >= 4 is 24.0 Å². The normalized spacial score (nSPS) is 21.9. The lowest BCUT2D eigenvalue weighted by molar-refractivity contribution is -0.123. The monoisotopic (exact) mass is 300 g/mol. The van der Waals surface area contributed by atoms with Gasteiger partial charge in [0.15, 0.2) is 0 Å². The lowest BCUT2D eigenvalue weighted by atomic mass is 9.85. The van der Waals surface area contributed by atoms with Crippen molar-refractivity contribution in [3.8, 4) is 0 Å². The molecule has 20 heavy (non-hydrogen) atoms. The number of carbonyl (C=O) groups is 1. The third-order valence-corrected chi connectivity index (χ3v) is 3.78. The fraction of sp³-hybridized carbons (Fsp3) is 0.533. The van der Waals surface area contributed by atoms with E-state index in [0.29, 0.717) is 6.54 Å². The minimum Gasteiger partial charge on any atom is -0.328 e. The van der Waals surface area contributed by atoms with Gasteiger partial charge < -0.3 is 10.6 Å². The number of amides is 1. The second-order valence-corrected chi connectivity index (χ2v) is 5.18. The van der Waals surface area contributed by atoms with Crippen molar-refractivity contribution in [1.82, 2.24) is 0 Å². The van der Waals surface area contributed by atoms with E-state index in [2.05, 4.69) is 0 Å². The van der Waals surface area contributed by atoms with Crippen LogP contribution in [-0.4, -0.2) is 18.5 Å². The maximum Gasteiger partial charge on any atom is 0.230 e. The zero-order valence-corrected chi connectivity index (χ0v) is 12.5. The topological polar surface area (TPSA) is 46.3 Å². The van der Waals surface area contributed by atoms with Gasteiger partial charge >= 0.3 is 0 Å². The lowest BCUT2D eigenvalue weighted by Crippen LogP contribution is -2.40. The molecule has 5 heteroatoms. The molecular formula is C15H22ClFN2O. The Hall–Kier alpha value is -1.13. The molecule has 2 atom stereocenters. The van der Waals surface area contributed by atoms with Crippen LogP contribution in [0.5, 0.6) is 0 Å². The minimum absolute atomic E-state index is 0. The molecule has 2 rings (SSSR count). The van der Waals surface area contributed by atoms with E-state index >= 15 is 0 Å². The molecule has 0 aliphatic heterocycles. The summed E-state index contributed by atoms with van der Waals surface area (Å²) in [6.45, 7) is 2.53. The number of nitrogens with two attached hydrogens (primary N) is 1. The number of anilines is 1. The molecule has 2 N–H and O–H groups in total. The van der Waals surface area contributed by atoms with E-state index in [1.54, 1.807) is 17.0 Å². The summed E-state index contributed by atoms with van der Waals surface area (Å²) in [5.74, 6) is -0.162. The highest BCUT2D eigenvalue weighted by Crippen LogP contribution is 2.27. The van der Waals surface area contributed by atoms with E-state index in [-0.39, 0.29) is 36.1 Å². The Labute approximate surface area is 125 Å². The first-order valence-corrected chi connectivity index (χ1v) is 6.94. The molecule has 1 aromatic rings. The van der Waals surface area contributed by atoms with Gasteiger partial charge in [0.1, 0.15) is 5.82 Å². The Morgan fingerprint density at radius 2 is 2.00 bits per heavy atom. The van der Waals surface area contributed by atoms with Crippen LogP contribution < -0.4 is 10.6 Å². The van der Waals surface area contributed by atoms with Gasteiger partial charge in [-0.25, -0.2) is 4.39 Å². The van der Waals surface area contributed by atoms with Crippen molar-refractivity contribution in [2.24, 2.45) is 11.7 Å². The van der Waals surface area contributed by atoms with Gasteiger partial charge in [0, 0.05) is 24.2 Å². The highest BCUT2D eigenvalue weighted by molar-refractivity contribution is 5.95. The van der Waals surface area contributed by atoms with E-state index in [0.717, 1.165) is 31.4 Å². The van der Waals surface area contributed by atoms with Gasteiger partial charge in [0.05, 0.1) is 0 Å². The molecule has 1 amide bonds. The summed E-state index contributed by atoms with van der Waals surface area (Å²) in [7, 11) is 0. The maximum absolute atomic E-state index is 12.9. The molecule has 0 radical (unpaired) electrons. The maximum atomic E-state index is 12.9. The van der Waals surface area contributed by atoms with Gasteiger partial charge in [0.2, 0.25) is 5.91 Å². The SMILES string of the molecule is CCN(C(=O)C1CCCC(N)C1)c1ccc(F)cc1.Cl. The third-order valence-electron chi connectivity index (χ3n) is 3.78. The Morgan fingerprint density at radius 3 is 2.55 bits per heavy atom. The highest BCUT2D eigenvalue weighted by atomic mass is 35.5. The molecule has 1 saturated carbocycles. The average molecular weight is 301 g/mol. The third kappa shape index (κ3) is 3.93. The van der Waals surface area contributed by atoms with Gasteiger partial charge in [-0.15, -0.1) is 12.4 Å². The fourth-order valence-electron chi connectivity index (χ4n) is 2.76. The molecule has 1 aliphatic carbocycles. The summed E-state index contributed by atoms with van der Waals surface area (Å²) in [5.41, 5.74) is 6.70. The van der Waals surface area contributed by atoms with Gasteiger partial charge in [-0.05, 0) is 50.5 Å². The van der Waals surface area contributed by atoms with Crippen LogP contribution in [0.15, 0.2) is 24.3 Å². The number of benzene rings is 1. The number of halogens is 2. The Kier molecular flexibility index (Phi) is 6.43. The summed E-state index contributed by atoms with van der Waals surface area (Å²) in [5, 5.41) is 0. The molecular weight excluding hydrogens is 279 g/mol. The summed E-state index contributed by atoms with van der Waals surface area (Å²) in [4.78, 5) is 14.3. The van der Waals surface area contributed by atoms with E-state index < -0.39 is 0 Å². The molecule has 0 aromatic heterocycles. The van der Waals surface area contributed by atoms with E-state index in [1.807, 2.05) is 6.92 Å². The van der Waals surface area contributed by atoms with Crippen molar-refractivity contribution in [2.75, 3.05) is 11.4 Å². The van der Waals surface area contributed by atoms with E-state index in [9.17, 15) is 9.18 Å². The van der Waals surface area contributed by atoms with Gasteiger partial charge in [-0.1, -0.05) is 6.42 Å². The molecule has 112 valence electrons. The fourth-order valence-corrected chi connectivity index (χ4v) is 2.76. The zero-order valence-electron chi connectivity index (χ0n) is 11.7. The molecule has 1 fully saturated rings. The van der Waals surface area contributed by atoms with Gasteiger partial charge in [-0.3, -0.25) is 4.79 Å². The van der Waals surface area contributed by atoms with Crippen molar-refractivity contribution in [1.29, 1.82) is 0 Å². The highest BCUT2D eigenvalue weighted by Gasteiger charge is 2.28. The predicted octanol–water partition coefficient (Wildman–Crippen LogP) is 3.12. The van der Waals surface area contributed by atoms with Gasteiger partial charge in [-0.2, -0.15) is 0 Å². The Morgan fingerprint density at radius 1 is 1.35 bits per heavy atom. The first-order chi connectivity index (χ1) is 9.11. The lowest BCUT2D eigenvalue weighted by Gasteiger charge is -2.31. The van der Waals surface area contributed by atoms with Crippen molar-refractivity contribution < 1.29 is 9.18 Å². The predicted molar refractivity (Wildman–Crippen MR) is 81.6 cm³/mol. The molecule has 2 unspecified atom stereocenters. The summed E-state index contributed by atoms with van der Waals surface area (Å²) in [6, 6.07) is 6.21. The van der Waals surface area contributed by atoms with Gasteiger partial charge in [0.25, 0.3) is 0 Å². The van der Waals surface area contributed by atoms with Crippen LogP contribution in [-0.2, 0) is 4.79 Å². The second-order valence-electron chi connectivity index (χ2n) is 5.18. The number of hydrogen-bond donors (Lipinski definition) is 1. The van der Waals surface area contributed by atoms with Crippen LogP contribution in [0.3, 0.4) is 0 Å².